The summed E-state index contributed by atoms with van der Waals surface area (Å²) in [7, 11) is 0.0335. The zero-order chi connectivity index (χ0) is 11.7. The maximum Gasteiger partial charge on any atom is 0.488 e. The molecule has 0 fully saturated rings. The van der Waals surface area contributed by atoms with Gasteiger partial charge in [-0.25, -0.2) is 9.93 Å². The highest BCUT2D eigenvalue weighted by molar-refractivity contribution is 6.58. The number of hydrazone groups is 1. The van der Waals surface area contributed by atoms with E-state index in [1.807, 2.05) is 0 Å². The molecule has 8 heteroatoms. The van der Waals surface area contributed by atoms with Gasteiger partial charge < -0.3 is 10.0 Å². The molecule has 1 aliphatic rings. The van der Waals surface area contributed by atoms with Gasteiger partial charge in [0, 0.05) is 7.05 Å². The molecule has 1 heterocycles. The fraction of sp³-hybridized carbons (Fsp3) is 0.125. The van der Waals surface area contributed by atoms with Gasteiger partial charge in [-0.2, -0.15) is 0 Å². The quantitative estimate of drug-likeness (QED) is 0.442. The van der Waals surface area contributed by atoms with E-state index in [4.69, 9.17) is 10.0 Å². The van der Waals surface area contributed by atoms with Crippen LogP contribution in [0.25, 0.3) is 0 Å². The monoisotopic (exact) mass is 224 g/mol. The van der Waals surface area contributed by atoms with Crippen LogP contribution in [-0.2, 0) is 0 Å². The van der Waals surface area contributed by atoms with Crippen molar-refractivity contribution in [2.75, 3.05) is 7.05 Å². The zero-order valence-corrected chi connectivity index (χ0v) is 8.48. The van der Waals surface area contributed by atoms with Crippen LogP contribution in [0.3, 0.4) is 0 Å². The second kappa shape index (κ2) is 4.09. The highest BCUT2D eigenvalue weighted by Gasteiger charge is 2.19. The molecule has 0 aliphatic carbocycles. The Morgan fingerprint density at radius 3 is 2.75 bits per heavy atom. The van der Waals surface area contributed by atoms with Gasteiger partial charge >= 0.3 is 7.12 Å². The van der Waals surface area contributed by atoms with Crippen molar-refractivity contribution in [1.29, 1.82) is 0 Å². The summed E-state index contributed by atoms with van der Waals surface area (Å²) in [5.41, 5.74) is 5.68. The predicted octanol–water partition coefficient (Wildman–Crippen LogP) is -1.88. The fourth-order valence-electron chi connectivity index (χ4n) is 1.34. The Bertz CT molecular complexity index is 440. The maximum atomic E-state index is 13.5. The van der Waals surface area contributed by atoms with E-state index in [1.54, 1.807) is 7.05 Å². The first-order valence-corrected chi connectivity index (χ1v) is 4.57. The van der Waals surface area contributed by atoms with Crippen molar-refractivity contribution in [3.05, 3.63) is 29.6 Å². The van der Waals surface area contributed by atoms with Crippen molar-refractivity contribution in [3.63, 3.8) is 0 Å². The summed E-state index contributed by atoms with van der Waals surface area (Å²) in [6, 6.07) is 3.79. The summed E-state index contributed by atoms with van der Waals surface area (Å²) in [6.45, 7) is 0. The predicted molar refractivity (Wildman–Crippen MR) is 56.8 cm³/mol. The fourth-order valence-corrected chi connectivity index (χ4v) is 1.34. The van der Waals surface area contributed by atoms with Gasteiger partial charge in [0.2, 0.25) is 0 Å². The second-order valence-electron chi connectivity index (χ2n) is 3.34. The van der Waals surface area contributed by atoms with Crippen LogP contribution in [0.2, 0.25) is 0 Å². The van der Waals surface area contributed by atoms with Crippen LogP contribution in [-0.4, -0.2) is 35.2 Å². The lowest BCUT2D eigenvalue weighted by molar-refractivity contribution is 0.231. The molecule has 84 valence electrons. The number of nitrogens with zero attached hydrogens (tertiary/aromatic N) is 2. The van der Waals surface area contributed by atoms with Gasteiger partial charge in [0.05, 0.1) is 5.56 Å². The minimum Gasteiger partial charge on any atom is -0.423 e. The van der Waals surface area contributed by atoms with E-state index in [-0.39, 0.29) is 16.9 Å². The van der Waals surface area contributed by atoms with E-state index in [2.05, 4.69) is 16.1 Å². The van der Waals surface area contributed by atoms with Crippen molar-refractivity contribution in [2.24, 2.45) is 5.10 Å². The molecular weight excluding hydrogens is 214 g/mol. The van der Waals surface area contributed by atoms with Gasteiger partial charge in [-0.05, 0) is 17.6 Å². The van der Waals surface area contributed by atoms with E-state index in [9.17, 15) is 4.39 Å². The lowest BCUT2D eigenvalue weighted by Gasteiger charge is -2.09. The standard InChI is InChI=1S/C8H10BFN4O2/c1-14-12-8(11-13-14)6-4-5(9(15)16)2-3-7(6)10/h2-4,13,15-16H,1H3,(H,11,12). The van der Waals surface area contributed by atoms with Crippen LogP contribution in [0.15, 0.2) is 23.3 Å². The third-order valence-electron chi connectivity index (χ3n) is 2.13. The molecule has 1 aromatic carbocycles. The van der Waals surface area contributed by atoms with Crippen LogP contribution in [0, 0.1) is 5.82 Å². The molecule has 0 bridgehead atoms. The summed E-state index contributed by atoms with van der Waals surface area (Å²) in [5.74, 6) is -0.213. The lowest BCUT2D eigenvalue weighted by atomic mass is 9.79. The van der Waals surface area contributed by atoms with Gasteiger partial charge in [-0.15, -0.1) is 10.2 Å². The average Bonchev–Trinajstić information content (AvgIpc) is 2.65. The molecule has 0 radical (unpaired) electrons. The molecule has 0 atom stereocenters. The van der Waals surface area contributed by atoms with Crippen molar-refractivity contribution < 1.29 is 14.4 Å². The smallest absolute Gasteiger partial charge is 0.423 e. The van der Waals surface area contributed by atoms with Crippen LogP contribution in [0.5, 0.6) is 0 Å². The summed E-state index contributed by atoms with van der Waals surface area (Å²) < 4.78 is 13.5. The van der Waals surface area contributed by atoms with Crippen molar-refractivity contribution in [2.45, 2.75) is 0 Å². The largest absolute Gasteiger partial charge is 0.488 e. The van der Waals surface area contributed by atoms with E-state index in [1.165, 1.54) is 17.3 Å². The summed E-state index contributed by atoms with van der Waals surface area (Å²) >= 11 is 0. The highest BCUT2D eigenvalue weighted by atomic mass is 19.1. The molecule has 0 aromatic heterocycles. The van der Waals surface area contributed by atoms with Gasteiger partial charge in [0.15, 0.2) is 5.84 Å². The first-order valence-electron chi connectivity index (χ1n) is 4.57. The Morgan fingerprint density at radius 2 is 2.19 bits per heavy atom. The summed E-state index contributed by atoms with van der Waals surface area (Å²) in [4.78, 5) is 0. The molecule has 0 saturated heterocycles. The topological polar surface area (TPSA) is 80.1 Å². The van der Waals surface area contributed by atoms with Crippen LogP contribution in [0.4, 0.5) is 4.39 Å². The minimum absolute atomic E-state index is 0.169. The van der Waals surface area contributed by atoms with E-state index in [0.717, 1.165) is 6.07 Å². The Labute approximate surface area is 91.5 Å². The Morgan fingerprint density at radius 1 is 1.44 bits per heavy atom. The van der Waals surface area contributed by atoms with Crippen molar-refractivity contribution >= 4 is 18.4 Å². The molecule has 1 aromatic rings. The van der Waals surface area contributed by atoms with Gasteiger partial charge in [-0.1, -0.05) is 6.07 Å². The van der Waals surface area contributed by atoms with Crippen LogP contribution in [0.1, 0.15) is 5.56 Å². The molecule has 0 amide bonds. The number of hydrazine groups is 2. The lowest BCUT2D eigenvalue weighted by Crippen LogP contribution is -2.38. The highest BCUT2D eigenvalue weighted by Crippen LogP contribution is 2.07. The van der Waals surface area contributed by atoms with E-state index in [0.29, 0.717) is 0 Å². The number of hydrogen-bond donors (Lipinski definition) is 4. The summed E-state index contributed by atoms with van der Waals surface area (Å²) in [5, 5.41) is 23.2. The number of rotatable bonds is 2. The van der Waals surface area contributed by atoms with Crippen LogP contribution < -0.4 is 16.4 Å². The van der Waals surface area contributed by atoms with Gasteiger partial charge in [0.1, 0.15) is 5.82 Å². The van der Waals surface area contributed by atoms with Gasteiger partial charge in [0.25, 0.3) is 0 Å². The van der Waals surface area contributed by atoms with Gasteiger partial charge in [-0.3, -0.25) is 5.43 Å². The third-order valence-corrected chi connectivity index (χ3v) is 2.13. The van der Waals surface area contributed by atoms with E-state index >= 15 is 0 Å². The molecule has 16 heavy (non-hydrogen) atoms. The number of hydrogen-bond acceptors (Lipinski definition) is 6. The van der Waals surface area contributed by atoms with Crippen molar-refractivity contribution in [3.8, 4) is 0 Å². The SMILES string of the molecule is CN1NN=C(c2cc(B(O)O)ccc2F)N1. The third kappa shape index (κ3) is 1.99. The Kier molecular flexibility index (Phi) is 2.78. The molecule has 6 nitrogen and oxygen atoms in total. The average molecular weight is 224 g/mol. The van der Waals surface area contributed by atoms with Crippen LogP contribution >= 0.6 is 0 Å². The summed E-state index contributed by atoms with van der Waals surface area (Å²) in [6.07, 6.45) is 0. The first kappa shape index (κ1) is 10.9. The zero-order valence-electron chi connectivity index (χ0n) is 8.48. The Hall–Kier alpha value is -1.64. The molecule has 2 rings (SSSR count). The molecular formula is C8H10BFN4O2. The molecule has 1 aliphatic heterocycles. The van der Waals surface area contributed by atoms with E-state index < -0.39 is 12.9 Å². The minimum atomic E-state index is -1.63. The number of amidine groups is 1. The number of nitrogens with one attached hydrogen (secondary N) is 2. The first-order chi connectivity index (χ1) is 7.58. The Balaban J connectivity index is 2.36. The number of benzene rings is 1. The second-order valence-corrected chi connectivity index (χ2v) is 3.34. The molecule has 0 saturated carbocycles. The maximum absolute atomic E-state index is 13.5. The molecule has 0 unspecified atom stereocenters. The number of halogens is 1. The molecule has 0 spiro atoms. The molecule has 4 N–H and O–H groups in total. The normalized spacial score (nSPS) is 15.4. The van der Waals surface area contributed by atoms with Crippen molar-refractivity contribution in [1.82, 2.24) is 16.1 Å².